The second-order valence-corrected chi connectivity index (χ2v) is 6.80. The van der Waals surface area contributed by atoms with Crippen LogP contribution in [-0.2, 0) is 11.2 Å². The number of carboxylic acids is 1. The molecule has 0 aromatic heterocycles. The largest absolute Gasteiger partial charge is 0.545 e. The van der Waals surface area contributed by atoms with Gasteiger partial charge in [0.15, 0.2) is 0 Å². The summed E-state index contributed by atoms with van der Waals surface area (Å²) in [6.07, 6.45) is 3.04. The third-order valence-electron chi connectivity index (χ3n) is 4.17. The van der Waals surface area contributed by atoms with Crippen LogP contribution < -0.4 is 10.4 Å². The van der Waals surface area contributed by atoms with Crippen molar-refractivity contribution in [3.63, 3.8) is 0 Å². The number of benzene rings is 2. The van der Waals surface area contributed by atoms with Crippen LogP contribution in [0.5, 0.6) is 0 Å². The topological polar surface area (TPSA) is 69.2 Å². The van der Waals surface area contributed by atoms with Crippen molar-refractivity contribution in [3.8, 4) is 0 Å². The zero-order chi connectivity index (χ0) is 16.9. The normalized spacial score (nSPS) is 16.2. The maximum Gasteiger partial charge on any atom is 0.230 e. The van der Waals surface area contributed by atoms with Gasteiger partial charge in [-0.25, -0.2) is 0 Å². The monoisotopic (exact) mass is 340 g/mol. The van der Waals surface area contributed by atoms with E-state index in [0.29, 0.717) is 4.90 Å². The molecule has 1 aliphatic carbocycles. The minimum Gasteiger partial charge on any atom is -0.545 e. The fourth-order valence-corrected chi connectivity index (χ4v) is 3.90. The molecule has 0 fully saturated rings. The van der Waals surface area contributed by atoms with Gasteiger partial charge in [-0.15, -0.1) is 11.8 Å². The van der Waals surface area contributed by atoms with Crippen molar-refractivity contribution in [3.05, 3.63) is 65.2 Å². The molecule has 124 valence electrons. The van der Waals surface area contributed by atoms with Gasteiger partial charge in [0.2, 0.25) is 5.91 Å². The van der Waals surface area contributed by atoms with Gasteiger partial charge in [0.05, 0.1) is 17.8 Å². The number of hydrogen-bond acceptors (Lipinski definition) is 4. The van der Waals surface area contributed by atoms with Gasteiger partial charge < -0.3 is 15.2 Å². The van der Waals surface area contributed by atoms with Crippen molar-refractivity contribution >= 4 is 23.6 Å². The molecule has 3 rings (SSSR count). The molecular formula is C19H18NO3S-. The summed E-state index contributed by atoms with van der Waals surface area (Å²) in [4.78, 5) is 23.9. The highest BCUT2D eigenvalue weighted by molar-refractivity contribution is 8.00. The summed E-state index contributed by atoms with van der Waals surface area (Å²) in [6.45, 7) is 0. The van der Waals surface area contributed by atoms with Crippen LogP contribution in [0.15, 0.2) is 53.4 Å². The Kier molecular flexibility index (Phi) is 5.20. The van der Waals surface area contributed by atoms with E-state index in [-0.39, 0.29) is 23.3 Å². The summed E-state index contributed by atoms with van der Waals surface area (Å²) >= 11 is 1.22. The van der Waals surface area contributed by atoms with Gasteiger partial charge in [0, 0.05) is 10.5 Å². The zero-order valence-corrected chi connectivity index (χ0v) is 14.0. The standard InChI is InChI=1S/C19H19NO3S/c21-18(12-24-17-11-4-3-9-15(17)19(22)23)20-16-10-5-7-13-6-1-2-8-14(13)16/h1-4,6,8-9,11,16H,5,7,10,12H2,(H,20,21)(H,22,23)/p-1/t16-/m0/s1. The van der Waals surface area contributed by atoms with Gasteiger partial charge in [0.1, 0.15) is 0 Å². The number of aromatic carboxylic acids is 1. The van der Waals surface area contributed by atoms with Crippen LogP contribution in [0.4, 0.5) is 0 Å². The molecule has 1 N–H and O–H groups in total. The van der Waals surface area contributed by atoms with Crippen LogP contribution in [0.2, 0.25) is 0 Å². The lowest BCUT2D eigenvalue weighted by molar-refractivity contribution is -0.255. The molecule has 5 heteroatoms. The number of thioether (sulfide) groups is 1. The first-order valence-electron chi connectivity index (χ1n) is 7.95. The number of fused-ring (bicyclic) bond motifs is 1. The van der Waals surface area contributed by atoms with E-state index < -0.39 is 5.97 Å². The summed E-state index contributed by atoms with van der Waals surface area (Å²) in [7, 11) is 0. The first-order chi connectivity index (χ1) is 11.6. The zero-order valence-electron chi connectivity index (χ0n) is 13.2. The molecule has 0 radical (unpaired) electrons. The molecule has 1 aliphatic rings. The van der Waals surface area contributed by atoms with Crippen molar-refractivity contribution in [2.75, 3.05) is 5.75 Å². The van der Waals surface area contributed by atoms with E-state index in [4.69, 9.17) is 0 Å². The third kappa shape index (κ3) is 3.79. The number of carbonyl (C=O) groups excluding carboxylic acids is 2. The SMILES string of the molecule is O=C(CSc1ccccc1C(=O)[O-])N[C@H]1CCCc2ccccc21. The highest BCUT2D eigenvalue weighted by atomic mass is 32.2. The number of nitrogens with one attached hydrogen (secondary N) is 1. The van der Waals surface area contributed by atoms with E-state index >= 15 is 0 Å². The van der Waals surface area contributed by atoms with Gasteiger partial charge in [0.25, 0.3) is 0 Å². The van der Waals surface area contributed by atoms with Gasteiger partial charge in [-0.2, -0.15) is 0 Å². The van der Waals surface area contributed by atoms with E-state index in [9.17, 15) is 14.7 Å². The Bertz CT molecular complexity index is 760. The molecule has 4 nitrogen and oxygen atoms in total. The molecule has 1 atom stereocenters. The molecular weight excluding hydrogens is 322 g/mol. The summed E-state index contributed by atoms with van der Waals surface area (Å²) in [5.41, 5.74) is 2.61. The molecule has 0 spiro atoms. The van der Waals surface area contributed by atoms with Gasteiger partial charge in [-0.3, -0.25) is 4.79 Å². The Hall–Kier alpha value is -2.27. The highest BCUT2D eigenvalue weighted by Crippen LogP contribution is 2.29. The van der Waals surface area contributed by atoms with Gasteiger partial charge in [-0.1, -0.05) is 42.5 Å². The predicted octanol–water partition coefficient (Wildman–Crippen LogP) is 2.34. The van der Waals surface area contributed by atoms with E-state index in [1.807, 2.05) is 12.1 Å². The van der Waals surface area contributed by atoms with Crippen molar-refractivity contribution < 1.29 is 14.7 Å². The van der Waals surface area contributed by atoms with E-state index in [1.165, 1.54) is 29.0 Å². The molecule has 0 heterocycles. The summed E-state index contributed by atoms with van der Waals surface area (Å²) in [5.74, 6) is -1.13. The molecule has 1 amide bonds. The van der Waals surface area contributed by atoms with Crippen LogP contribution in [0, 0.1) is 0 Å². The molecule has 0 saturated heterocycles. The van der Waals surface area contributed by atoms with E-state index in [1.54, 1.807) is 18.2 Å². The van der Waals surface area contributed by atoms with Crippen molar-refractivity contribution in [2.24, 2.45) is 0 Å². The summed E-state index contributed by atoms with van der Waals surface area (Å²) in [5, 5.41) is 14.2. The maximum atomic E-state index is 12.3. The molecule has 24 heavy (non-hydrogen) atoms. The highest BCUT2D eigenvalue weighted by Gasteiger charge is 2.21. The predicted molar refractivity (Wildman–Crippen MR) is 91.8 cm³/mol. The second-order valence-electron chi connectivity index (χ2n) is 5.78. The number of hydrogen-bond donors (Lipinski definition) is 1. The maximum absolute atomic E-state index is 12.3. The first-order valence-corrected chi connectivity index (χ1v) is 8.94. The third-order valence-corrected chi connectivity index (χ3v) is 5.24. The first kappa shape index (κ1) is 16.6. The van der Waals surface area contributed by atoms with E-state index in [2.05, 4.69) is 17.4 Å². The Morgan fingerprint density at radius 2 is 1.88 bits per heavy atom. The summed E-state index contributed by atoms with van der Waals surface area (Å²) < 4.78 is 0. The minimum atomic E-state index is -1.22. The minimum absolute atomic E-state index is 0.0411. The van der Waals surface area contributed by atoms with Crippen LogP contribution in [0.1, 0.15) is 40.4 Å². The smallest absolute Gasteiger partial charge is 0.230 e. The lowest BCUT2D eigenvalue weighted by Crippen LogP contribution is -2.32. The average Bonchev–Trinajstić information content (AvgIpc) is 2.60. The van der Waals surface area contributed by atoms with Crippen LogP contribution in [0.25, 0.3) is 0 Å². The number of carbonyl (C=O) groups is 2. The van der Waals surface area contributed by atoms with E-state index in [0.717, 1.165) is 19.3 Å². The van der Waals surface area contributed by atoms with Gasteiger partial charge >= 0.3 is 0 Å². The Balaban J connectivity index is 1.62. The van der Waals surface area contributed by atoms with Gasteiger partial charge in [-0.05, 0) is 36.5 Å². The fraction of sp³-hybridized carbons (Fsp3) is 0.263. The quantitative estimate of drug-likeness (QED) is 0.848. The van der Waals surface area contributed by atoms with Crippen LogP contribution in [-0.4, -0.2) is 17.6 Å². The Labute approximate surface area is 145 Å². The molecule has 2 aromatic rings. The molecule has 0 aliphatic heterocycles. The lowest BCUT2D eigenvalue weighted by atomic mass is 9.88. The van der Waals surface area contributed by atoms with Crippen molar-refractivity contribution in [1.82, 2.24) is 5.32 Å². The van der Waals surface area contributed by atoms with Crippen molar-refractivity contribution in [1.29, 1.82) is 0 Å². The van der Waals surface area contributed by atoms with Crippen LogP contribution >= 0.6 is 11.8 Å². The Morgan fingerprint density at radius 1 is 1.12 bits per heavy atom. The molecule has 2 aromatic carbocycles. The fourth-order valence-electron chi connectivity index (χ4n) is 3.04. The number of amides is 1. The summed E-state index contributed by atoms with van der Waals surface area (Å²) in [6, 6.07) is 14.8. The molecule has 0 unspecified atom stereocenters. The Morgan fingerprint density at radius 3 is 2.71 bits per heavy atom. The van der Waals surface area contributed by atoms with Crippen LogP contribution in [0.3, 0.4) is 0 Å². The number of aryl methyl sites for hydroxylation is 1. The van der Waals surface area contributed by atoms with Crippen molar-refractivity contribution in [2.45, 2.75) is 30.2 Å². The number of carboxylic acid groups (broad SMARTS) is 1. The molecule has 0 bridgehead atoms. The second kappa shape index (κ2) is 7.53. The molecule has 0 saturated carbocycles. The number of rotatable bonds is 5. The lowest BCUT2D eigenvalue weighted by Gasteiger charge is -2.26. The average molecular weight is 340 g/mol.